The van der Waals surface area contributed by atoms with Crippen LogP contribution in [0.3, 0.4) is 0 Å². The third kappa shape index (κ3) is 8.43. The minimum Gasteiger partial charge on any atom is -0.353 e. The third-order valence-corrected chi connectivity index (χ3v) is 7.53. The summed E-state index contributed by atoms with van der Waals surface area (Å²) in [6, 6.07) is 13.1. The number of piperazine rings is 1. The molecule has 0 bridgehead atoms. The number of aromatic amines is 1. The van der Waals surface area contributed by atoms with Crippen molar-refractivity contribution in [3.8, 4) is 0 Å². The summed E-state index contributed by atoms with van der Waals surface area (Å²) < 4.78 is 0. The Kier molecular flexibility index (Phi) is 10.9. The molecule has 43 heavy (non-hydrogen) atoms. The minimum absolute atomic E-state index is 0. The lowest BCUT2D eigenvalue weighted by Crippen LogP contribution is -2.45. The van der Waals surface area contributed by atoms with Crippen molar-refractivity contribution in [2.45, 2.75) is 6.54 Å². The van der Waals surface area contributed by atoms with Gasteiger partial charge >= 0.3 is 0 Å². The highest BCUT2D eigenvalue weighted by Gasteiger charge is 2.17. The first kappa shape index (κ1) is 32.2. The third-order valence-electron chi connectivity index (χ3n) is 6.96. The normalized spacial score (nSPS) is 13.7. The SMILES string of the molecule is CN1CCN(CCNc2ncc3cc(C(=O)Nc4cc(C(=O)NCc5cccc(Cl)c5)ccc4Cl)c(=O)[nH]c3n2)CC1.Cl. The fourth-order valence-electron chi connectivity index (χ4n) is 4.53. The van der Waals surface area contributed by atoms with Crippen LogP contribution in [0.25, 0.3) is 11.0 Å². The Balaban J connectivity index is 0.00000423. The summed E-state index contributed by atoms with van der Waals surface area (Å²) in [5.41, 5.74) is 0.858. The molecule has 11 nitrogen and oxygen atoms in total. The van der Waals surface area contributed by atoms with E-state index in [4.69, 9.17) is 23.2 Å². The van der Waals surface area contributed by atoms with Crippen LogP contribution >= 0.6 is 35.6 Å². The number of nitrogens with zero attached hydrogens (tertiary/aromatic N) is 4. The molecule has 0 radical (unpaired) electrons. The van der Waals surface area contributed by atoms with E-state index in [1.54, 1.807) is 30.5 Å². The number of hydrogen-bond donors (Lipinski definition) is 4. The molecule has 1 aliphatic heterocycles. The van der Waals surface area contributed by atoms with Crippen molar-refractivity contribution >= 4 is 70.1 Å². The van der Waals surface area contributed by atoms with Crippen LogP contribution in [0.1, 0.15) is 26.3 Å². The predicted octanol–water partition coefficient (Wildman–Crippen LogP) is 3.89. The van der Waals surface area contributed by atoms with Gasteiger partial charge in [0.1, 0.15) is 11.2 Å². The van der Waals surface area contributed by atoms with Crippen LogP contribution in [0.15, 0.2) is 59.5 Å². The van der Waals surface area contributed by atoms with E-state index >= 15 is 0 Å². The Morgan fingerprint density at radius 2 is 1.81 bits per heavy atom. The molecule has 0 atom stereocenters. The maximum Gasteiger partial charge on any atom is 0.262 e. The largest absolute Gasteiger partial charge is 0.353 e. The number of anilines is 2. The van der Waals surface area contributed by atoms with Gasteiger partial charge < -0.3 is 25.8 Å². The molecule has 0 saturated carbocycles. The maximum absolute atomic E-state index is 13.1. The molecule has 0 unspecified atom stereocenters. The van der Waals surface area contributed by atoms with Gasteiger partial charge in [-0.05, 0) is 49.0 Å². The number of carbonyl (C=O) groups excluding carboxylic acids is 2. The Morgan fingerprint density at radius 3 is 2.58 bits per heavy atom. The number of rotatable bonds is 9. The highest BCUT2D eigenvalue weighted by atomic mass is 35.5. The van der Waals surface area contributed by atoms with Crippen molar-refractivity contribution < 1.29 is 9.59 Å². The van der Waals surface area contributed by atoms with Crippen molar-refractivity contribution in [1.29, 1.82) is 0 Å². The molecular formula is C29H31Cl3N8O3. The number of likely N-dealkylation sites (N-methyl/N-ethyl adjacent to an activating group) is 1. The van der Waals surface area contributed by atoms with Gasteiger partial charge in [-0.15, -0.1) is 12.4 Å². The van der Waals surface area contributed by atoms with Gasteiger partial charge in [0.25, 0.3) is 17.4 Å². The van der Waals surface area contributed by atoms with Gasteiger partial charge in [0, 0.05) is 68.0 Å². The summed E-state index contributed by atoms with van der Waals surface area (Å²) in [6.45, 7) is 5.91. The van der Waals surface area contributed by atoms with E-state index in [0.29, 0.717) is 28.5 Å². The van der Waals surface area contributed by atoms with E-state index < -0.39 is 11.5 Å². The molecule has 3 heterocycles. The molecule has 1 fully saturated rings. The Hall–Kier alpha value is -3.74. The lowest BCUT2D eigenvalue weighted by molar-refractivity contribution is 0.0949. The molecule has 226 valence electrons. The van der Waals surface area contributed by atoms with E-state index in [9.17, 15) is 14.4 Å². The van der Waals surface area contributed by atoms with Crippen molar-refractivity contribution in [3.05, 3.63) is 91.8 Å². The van der Waals surface area contributed by atoms with Crippen molar-refractivity contribution in [2.75, 3.05) is 56.9 Å². The monoisotopic (exact) mass is 644 g/mol. The fraction of sp³-hybridized carbons (Fsp3) is 0.276. The number of benzene rings is 2. The van der Waals surface area contributed by atoms with E-state index in [0.717, 1.165) is 38.3 Å². The summed E-state index contributed by atoms with van der Waals surface area (Å²) in [5.74, 6) is -0.664. The Morgan fingerprint density at radius 1 is 1.02 bits per heavy atom. The van der Waals surface area contributed by atoms with Crippen molar-refractivity contribution in [1.82, 2.24) is 30.1 Å². The number of fused-ring (bicyclic) bond motifs is 1. The number of nitrogens with one attached hydrogen (secondary N) is 4. The minimum atomic E-state index is -0.689. The molecule has 1 saturated heterocycles. The highest BCUT2D eigenvalue weighted by Crippen LogP contribution is 2.24. The number of hydrogen-bond acceptors (Lipinski definition) is 8. The maximum atomic E-state index is 13.1. The standard InChI is InChI=1S/C29H30Cl2N8O3.ClH/c1-38-9-11-39(12-10-38)8-7-32-29-34-17-20-14-22(28(42)36-25(20)37-29)27(41)35-24-15-19(5-6-23(24)31)26(40)33-16-18-3-2-4-21(30)13-18;/h2-6,13-15,17H,7-12,16H2,1H3,(H,33,40)(H,35,41)(H2,32,34,36,37,42);1H. The second-order valence-electron chi connectivity index (χ2n) is 10.0. The average molecular weight is 646 g/mol. The topological polar surface area (TPSA) is 135 Å². The van der Waals surface area contributed by atoms with Gasteiger partial charge in [-0.2, -0.15) is 4.98 Å². The summed E-state index contributed by atoms with van der Waals surface area (Å²) >= 11 is 12.3. The zero-order valence-electron chi connectivity index (χ0n) is 23.3. The molecule has 0 spiro atoms. The van der Waals surface area contributed by atoms with Crippen LogP contribution in [0, 0.1) is 0 Å². The van der Waals surface area contributed by atoms with Crippen LogP contribution in [0.4, 0.5) is 11.6 Å². The van der Waals surface area contributed by atoms with E-state index in [1.165, 1.54) is 18.2 Å². The summed E-state index contributed by atoms with van der Waals surface area (Å²) in [6.07, 6.45) is 1.55. The lowest BCUT2D eigenvalue weighted by atomic mass is 10.1. The lowest BCUT2D eigenvalue weighted by Gasteiger charge is -2.32. The molecule has 5 rings (SSSR count). The van der Waals surface area contributed by atoms with Crippen LogP contribution in [-0.4, -0.2) is 82.9 Å². The van der Waals surface area contributed by atoms with E-state index in [1.807, 2.05) is 6.07 Å². The first-order valence-electron chi connectivity index (χ1n) is 13.4. The van der Waals surface area contributed by atoms with Gasteiger partial charge in [-0.25, -0.2) is 4.98 Å². The summed E-state index contributed by atoms with van der Waals surface area (Å²) in [7, 11) is 2.12. The zero-order valence-corrected chi connectivity index (χ0v) is 25.7. The molecule has 2 aromatic heterocycles. The molecule has 14 heteroatoms. The van der Waals surface area contributed by atoms with Gasteiger partial charge in [0.15, 0.2) is 0 Å². The number of carbonyl (C=O) groups is 2. The number of H-pyrrole nitrogens is 1. The van der Waals surface area contributed by atoms with Gasteiger partial charge in [-0.3, -0.25) is 19.3 Å². The number of aromatic nitrogens is 3. The van der Waals surface area contributed by atoms with Crippen LogP contribution in [0.2, 0.25) is 10.0 Å². The van der Waals surface area contributed by atoms with E-state index in [-0.39, 0.29) is 46.7 Å². The van der Waals surface area contributed by atoms with E-state index in [2.05, 4.69) is 47.7 Å². The number of amides is 2. The molecule has 2 amide bonds. The molecule has 4 aromatic rings. The fourth-order valence-corrected chi connectivity index (χ4v) is 4.90. The summed E-state index contributed by atoms with van der Waals surface area (Å²) in [4.78, 5) is 54.7. The second-order valence-corrected chi connectivity index (χ2v) is 10.9. The quantitative estimate of drug-likeness (QED) is 0.215. The first-order chi connectivity index (χ1) is 20.2. The highest BCUT2D eigenvalue weighted by molar-refractivity contribution is 6.34. The predicted molar refractivity (Wildman–Crippen MR) is 172 cm³/mol. The van der Waals surface area contributed by atoms with Gasteiger partial charge in [0.2, 0.25) is 5.95 Å². The van der Waals surface area contributed by atoms with Crippen LogP contribution in [0.5, 0.6) is 0 Å². The Labute approximate surface area is 264 Å². The molecule has 2 aromatic carbocycles. The second kappa shape index (κ2) is 14.6. The van der Waals surface area contributed by atoms with Crippen molar-refractivity contribution in [2.24, 2.45) is 0 Å². The van der Waals surface area contributed by atoms with Gasteiger partial charge in [-0.1, -0.05) is 35.3 Å². The van der Waals surface area contributed by atoms with Crippen molar-refractivity contribution in [3.63, 3.8) is 0 Å². The number of pyridine rings is 1. The molecular weight excluding hydrogens is 615 g/mol. The van der Waals surface area contributed by atoms with Gasteiger partial charge in [0.05, 0.1) is 10.7 Å². The van der Waals surface area contributed by atoms with Crippen LogP contribution in [-0.2, 0) is 6.54 Å². The first-order valence-corrected chi connectivity index (χ1v) is 14.2. The zero-order chi connectivity index (χ0) is 29.6. The summed E-state index contributed by atoms with van der Waals surface area (Å²) in [5, 5.41) is 9.91. The molecule has 1 aliphatic rings. The number of halogens is 3. The average Bonchev–Trinajstić information content (AvgIpc) is 2.97. The molecule has 0 aliphatic carbocycles. The van der Waals surface area contributed by atoms with Crippen LogP contribution < -0.4 is 21.5 Å². The molecule has 4 N–H and O–H groups in total. The Bertz CT molecular complexity index is 1670. The smallest absolute Gasteiger partial charge is 0.262 e.